The van der Waals surface area contributed by atoms with E-state index >= 15 is 0 Å². The molecule has 2 aromatic carbocycles. The largest absolute Gasteiger partial charge is 0.360 e. The highest BCUT2D eigenvalue weighted by atomic mass is 32.2. The second kappa shape index (κ2) is 9.45. The van der Waals surface area contributed by atoms with E-state index < -0.39 is 0 Å². The van der Waals surface area contributed by atoms with Crippen LogP contribution >= 0.6 is 11.8 Å². The number of carbonyl (C=O) groups excluding carboxylic acids is 1. The van der Waals surface area contributed by atoms with Gasteiger partial charge >= 0.3 is 0 Å². The van der Waals surface area contributed by atoms with E-state index in [0.717, 1.165) is 27.6 Å². The number of aromatic nitrogens is 3. The number of amides is 1. The summed E-state index contributed by atoms with van der Waals surface area (Å²) in [6.45, 7) is 2.43. The number of aryl methyl sites for hydroxylation is 1. The number of nitrogens with one attached hydrogen (secondary N) is 1. The lowest BCUT2D eigenvalue weighted by Gasteiger charge is -2.09. The van der Waals surface area contributed by atoms with Crippen LogP contribution in [0.25, 0.3) is 5.69 Å². The maximum Gasteiger partial charge on any atom is 0.252 e. The van der Waals surface area contributed by atoms with E-state index in [-0.39, 0.29) is 5.91 Å². The number of hydrogen-bond acceptors (Lipinski definition) is 5. The Balaban J connectivity index is 1.33. The minimum Gasteiger partial charge on any atom is -0.360 e. The summed E-state index contributed by atoms with van der Waals surface area (Å²) in [5, 5.41) is 11.3. The number of hydrogen-bond donors (Lipinski definition) is 1. The number of carbonyl (C=O) groups is 1. The maximum absolute atomic E-state index is 12.7. The molecular weight excluding hydrogens is 396 g/mol. The fraction of sp³-hybridized carbons (Fsp3) is 0.174. The van der Waals surface area contributed by atoms with Gasteiger partial charge in [-0.3, -0.25) is 4.79 Å². The number of nitrogens with zero attached hydrogens (tertiary/aromatic N) is 3. The van der Waals surface area contributed by atoms with Gasteiger partial charge in [0.25, 0.3) is 5.91 Å². The van der Waals surface area contributed by atoms with Gasteiger partial charge in [0, 0.05) is 23.7 Å². The molecule has 6 nitrogen and oxygen atoms in total. The van der Waals surface area contributed by atoms with Crippen molar-refractivity contribution < 1.29 is 9.32 Å². The molecule has 0 radical (unpaired) electrons. The Kier molecular flexibility index (Phi) is 6.29. The molecule has 0 saturated heterocycles. The van der Waals surface area contributed by atoms with Crippen molar-refractivity contribution in [2.75, 3.05) is 6.54 Å². The average Bonchev–Trinajstić information content (AvgIpc) is 3.42. The zero-order valence-electron chi connectivity index (χ0n) is 16.6. The van der Waals surface area contributed by atoms with Gasteiger partial charge in [0.15, 0.2) is 0 Å². The van der Waals surface area contributed by atoms with Gasteiger partial charge in [0.05, 0.1) is 28.9 Å². The molecule has 30 heavy (non-hydrogen) atoms. The van der Waals surface area contributed by atoms with Crippen molar-refractivity contribution >= 4 is 17.7 Å². The van der Waals surface area contributed by atoms with E-state index in [0.29, 0.717) is 24.3 Å². The zero-order chi connectivity index (χ0) is 20.8. The van der Waals surface area contributed by atoms with Gasteiger partial charge in [-0.1, -0.05) is 35.5 Å². The third-order valence-electron chi connectivity index (χ3n) is 4.53. The molecule has 0 aliphatic carbocycles. The minimum atomic E-state index is -0.0812. The third-order valence-corrected chi connectivity index (χ3v) is 5.63. The van der Waals surface area contributed by atoms with Gasteiger partial charge in [0.1, 0.15) is 5.76 Å². The lowest BCUT2D eigenvalue weighted by Crippen LogP contribution is -2.26. The molecule has 0 saturated carbocycles. The Bertz CT molecular complexity index is 1120. The summed E-state index contributed by atoms with van der Waals surface area (Å²) in [6, 6.07) is 19.5. The van der Waals surface area contributed by atoms with Crippen LogP contribution in [-0.2, 0) is 12.2 Å². The minimum absolute atomic E-state index is 0.0812. The second-order valence-electron chi connectivity index (χ2n) is 6.85. The Morgan fingerprint density at radius 1 is 1.13 bits per heavy atom. The molecule has 1 N–H and O–H groups in total. The predicted octanol–water partition coefficient (Wildman–Crippen LogP) is 4.43. The molecule has 0 bridgehead atoms. The first-order valence-corrected chi connectivity index (χ1v) is 10.7. The van der Waals surface area contributed by atoms with Gasteiger partial charge in [-0.15, -0.1) is 11.8 Å². The van der Waals surface area contributed by atoms with Crippen LogP contribution < -0.4 is 5.32 Å². The lowest BCUT2D eigenvalue weighted by atomic mass is 10.2. The van der Waals surface area contributed by atoms with Gasteiger partial charge in [-0.25, -0.2) is 4.68 Å². The maximum atomic E-state index is 12.7. The average molecular weight is 419 g/mol. The van der Waals surface area contributed by atoms with Crippen molar-refractivity contribution in [3.05, 3.63) is 95.6 Å². The van der Waals surface area contributed by atoms with Gasteiger partial charge < -0.3 is 9.84 Å². The van der Waals surface area contributed by atoms with Gasteiger partial charge in [-0.05, 0) is 43.2 Å². The fourth-order valence-corrected chi connectivity index (χ4v) is 3.96. The first kappa shape index (κ1) is 20.0. The Morgan fingerprint density at radius 3 is 2.73 bits per heavy atom. The highest BCUT2D eigenvalue weighted by molar-refractivity contribution is 7.98. The van der Waals surface area contributed by atoms with Crippen LogP contribution in [0.15, 0.2) is 82.5 Å². The quantitative estimate of drug-likeness (QED) is 0.429. The van der Waals surface area contributed by atoms with Crippen molar-refractivity contribution in [3.8, 4) is 5.69 Å². The van der Waals surface area contributed by atoms with Crippen LogP contribution in [0.1, 0.15) is 27.4 Å². The van der Waals surface area contributed by atoms with E-state index in [1.54, 1.807) is 11.8 Å². The molecule has 4 rings (SSSR count). The predicted molar refractivity (Wildman–Crippen MR) is 117 cm³/mol. The molecule has 0 aliphatic rings. The van der Waals surface area contributed by atoms with Crippen molar-refractivity contribution in [2.24, 2.45) is 0 Å². The molecule has 0 atom stereocenters. The van der Waals surface area contributed by atoms with E-state index in [1.807, 2.05) is 84.7 Å². The molecule has 2 aromatic heterocycles. The zero-order valence-corrected chi connectivity index (χ0v) is 17.4. The van der Waals surface area contributed by atoms with Gasteiger partial charge in [-0.2, -0.15) is 5.10 Å². The van der Waals surface area contributed by atoms with E-state index in [2.05, 4.69) is 15.6 Å². The number of benzene rings is 2. The number of para-hydroxylation sites is 1. The molecule has 0 unspecified atom stereocenters. The lowest BCUT2D eigenvalue weighted by molar-refractivity contribution is 0.0951. The summed E-state index contributed by atoms with van der Waals surface area (Å²) in [4.78, 5) is 13.6. The molecule has 0 spiro atoms. The highest BCUT2D eigenvalue weighted by Crippen LogP contribution is 2.26. The Morgan fingerprint density at radius 2 is 1.93 bits per heavy atom. The summed E-state index contributed by atoms with van der Waals surface area (Å²) in [6.07, 6.45) is 4.54. The molecular formula is C23H22N4O2S. The third kappa shape index (κ3) is 4.99. The highest BCUT2D eigenvalue weighted by Gasteiger charge is 2.12. The fourth-order valence-electron chi connectivity index (χ4n) is 3.04. The Hall–Kier alpha value is -3.32. The van der Waals surface area contributed by atoms with E-state index in [4.69, 9.17) is 4.52 Å². The van der Waals surface area contributed by atoms with Crippen molar-refractivity contribution in [1.82, 2.24) is 20.3 Å². The summed E-state index contributed by atoms with van der Waals surface area (Å²) in [7, 11) is 0. The SMILES string of the molecule is Cc1cc(CSc2ccccc2C(=O)NCCc2cnn(-c3ccccc3)c2)on1. The smallest absolute Gasteiger partial charge is 0.252 e. The van der Waals surface area contributed by atoms with Gasteiger partial charge in [0.2, 0.25) is 0 Å². The normalized spacial score (nSPS) is 10.8. The molecule has 152 valence electrons. The summed E-state index contributed by atoms with van der Waals surface area (Å²) >= 11 is 1.56. The van der Waals surface area contributed by atoms with Crippen molar-refractivity contribution in [2.45, 2.75) is 24.0 Å². The van der Waals surface area contributed by atoms with Crippen molar-refractivity contribution in [1.29, 1.82) is 0 Å². The molecule has 0 aliphatic heterocycles. The van der Waals surface area contributed by atoms with Crippen molar-refractivity contribution in [3.63, 3.8) is 0 Å². The molecule has 2 heterocycles. The standard InChI is InChI=1S/C23H22N4O2S/c1-17-13-20(29-26-17)16-30-22-10-6-5-9-21(22)23(28)24-12-11-18-14-25-27(15-18)19-7-3-2-4-8-19/h2-10,13-15H,11-12,16H2,1H3,(H,24,28). The van der Waals surface area contributed by atoms with Crippen LogP contribution in [0.2, 0.25) is 0 Å². The Labute approximate surface area is 179 Å². The summed E-state index contributed by atoms with van der Waals surface area (Å²) in [5.41, 5.74) is 3.61. The number of thioether (sulfide) groups is 1. The summed E-state index contributed by atoms with van der Waals surface area (Å²) < 4.78 is 7.10. The molecule has 7 heteroatoms. The first-order chi connectivity index (χ1) is 14.7. The molecule has 1 amide bonds. The first-order valence-electron chi connectivity index (χ1n) is 9.70. The molecule has 0 fully saturated rings. The topological polar surface area (TPSA) is 73.0 Å². The van der Waals surface area contributed by atoms with Crippen LogP contribution in [0.4, 0.5) is 0 Å². The molecule has 4 aromatic rings. The van der Waals surface area contributed by atoms with Crippen LogP contribution in [0.5, 0.6) is 0 Å². The second-order valence-corrected chi connectivity index (χ2v) is 7.87. The van der Waals surface area contributed by atoms with Crippen LogP contribution in [0, 0.1) is 6.92 Å². The van der Waals surface area contributed by atoms with E-state index in [9.17, 15) is 4.79 Å². The number of rotatable bonds is 8. The summed E-state index contributed by atoms with van der Waals surface area (Å²) in [5.74, 6) is 1.34. The van der Waals surface area contributed by atoms with Crippen LogP contribution in [-0.4, -0.2) is 27.4 Å². The van der Waals surface area contributed by atoms with E-state index in [1.165, 1.54) is 0 Å². The monoisotopic (exact) mass is 418 g/mol. The van der Waals surface area contributed by atoms with Crippen LogP contribution in [0.3, 0.4) is 0 Å².